The summed E-state index contributed by atoms with van der Waals surface area (Å²) in [5.41, 5.74) is 2.98. The standard InChI is InChI=1S/C27H24F3NO4S/c1-3-34-25(32)15-35-24-12-11-21(13-17(24)2)36-16-18-5-4-6-22-23(18)14-31(26(22)33)20-9-7-19(8-10-20)27(28,29)30/h4-13H,3,14-16H2,1-2H3. The maximum Gasteiger partial charge on any atom is 0.416 e. The zero-order chi connectivity index (χ0) is 25.9. The van der Waals surface area contributed by atoms with Gasteiger partial charge in [-0.15, -0.1) is 11.8 Å². The van der Waals surface area contributed by atoms with E-state index >= 15 is 0 Å². The van der Waals surface area contributed by atoms with E-state index in [4.69, 9.17) is 9.47 Å². The van der Waals surface area contributed by atoms with E-state index in [1.54, 1.807) is 24.8 Å². The molecule has 0 unspecified atom stereocenters. The maximum absolute atomic E-state index is 13.0. The zero-order valence-electron chi connectivity index (χ0n) is 19.7. The van der Waals surface area contributed by atoms with Crippen LogP contribution in [0.5, 0.6) is 5.75 Å². The number of halogens is 3. The number of hydrogen-bond donors (Lipinski definition) is 0. The monoisotopic (exact) mass is 515 g/mol. The molecule has 3 aromatic carbocycles. The van der Waals surface area contributed by atoms with Crippen molar-refractivity contribution in [1.29, 1.82) is 0 Å². The molecule has 0 saturated heterocycles. The molecule has 1 aliphatic heterocycles. The van der Waals surface area contributed by atoms with E-state index in [-0.39, 0.29) is 12.5 Å². The summed E-state index contributed by atoms with van der Waals surface area (Å²) < 4.78 is 49.1. The first-order chi connectivity index (χ1) is 17.2. The normalized spacial score (nSPS) is 13.0. The van der Waals surface area contributed by atoms with Gasteiger partial charge in [-0.05, 0) is 79.1 Å². The number of esters is 1. The topological polar surface area (TPSA) is 55.8 Å². The fourth-order valence-corrected chi connectivity index (χ4v) is 4.96. The van der Waals surface area contributed by atoms with Crippen LogP contribution in [0.15, 0.2) is 65.6 Å². The van der Waals surface area contributed by atoms with Crippen LogP contribution in [0.2, 0.25) is 0 Å². The molecule has 0 aromatic heterocycles. The van der Waals surface area contributed by atoms with Gasteiger partial charge in [0.1, 0.15) is 5.75 Å². The van der Waals surface area contributed by atoms with E-state index in [9.17, 15) is 22.8 Å². The number of carbonyl (C=O) groups is 2. The van der Waals surface area contributed by atoms with Crippen molar-refractivity contribution in [2.75, 3.05) is 18.1 Å². The van der Waals surface area contributed by atoms with Crippen molar-refractivity contribution in [3.63, 3.8) is 0 Å². The number of nitrogens with zero attached hydrogens (tertiary/aromatic N) is 1. The number of carbonyl (C=O) groups excluding carboxylic acids is 2. The van der Waals surface area contributed by atoms with Crippen LogP contribution in [0.3, 0.4) is 0 Å². The lowest BCUT2D eigenvalue weighted by Gasteiger charge is -2.17. The molecule has 3 aromatic rings. The lowest BCUT2D eigenvalue weighted by Crippen LogP contribution is -2.23. The van der Waals surface area contributed by atoms with Gasteiger partial charge in [-0.3, -0.25) is 4.79 Å². The quantitative estimate of drug-likeness (QED) is 0.256. The number of anilines is 1. The summed E-state index contributed by atoms with van der Waals surface area (Å²) in [5, 5.41) is 0. The van der Waals surface area contributed by atoms with Crippen LogP contribution in [0, 0.1) is 6.92 Å². The van der Waals surface area contributed by atoms with Crippen molar-refractivity contribution in [1.82, 2.24) is 0 Å². The fraction of sp³-hybridized carbons (Fsp3) is 0.259. The molecule has 0 radical (unpaired) electrons. The van der Waals surface area contributed by atoms with Crippen molar-refractivity contribution >= 4 is 29.3 Å². The summed E-state index contributed by atoms with van der Waals surface area (Å²) in [6.07, 6.45) is -4.43. The third-order valence-electron chi connectivity index (χ3n) is 5.76. The molecular weight excluding hydrogens is 491 g/mol. The molecule has 1 amide bonds. The molecule has 9 heteroatoms. The van der Waals surface area contributed by atoms with Gasteiger partial charge in [0.2, 0.25) is 0 Å². The van der Waals surface area contributed by atoms with E-state index in [1.165, 1.54) is 17.0 Å². The van der Waals surface area contributed by atoms with Gasteiger partial charge in [0.25, 0.3) is 5.91 Å². The molecule has 1 heterocycles. The minimum Gasteiger partial charge on any atom is -0.482 e. The molecule has 0 atom stereocenters. The fourth-order valence-electron chi connectivity index (χ4n) is 3.95. The van der Waals surface area contributed by atoms with Gasteiger partial charge in [-0.2, -0.15) is 13.2 Å². The summed E-state index contributed by atoms with van der Waals surface area (Å²) in [6.45, 7) is 4.08. The van der Waals surface area contributed by atoms with Crippen LogP contribution < -0.4 is 9.64 Å². The Bertz CT molecular complexity index is 1280. The highest BCUT2D eigenvalue weighted by molar-refractivity contribution is 7.98. The van der Waals surface area contributed by atoms with Gasteiger partial charge in [-0.1, -0.05) is 12.1 Å². The predicted octanol–water partition coefficient (Wildman–Crippen LogP) is 6.41. The molecule has 1 aliphatic rings. The summed E-state index contributed by atoms with van der Waals surface area (Å²) >= 11 is 1.60. The van der Waals surface area contributed by atoms with E-state index in [0.717, 1.165) is 33.7 Å². The average Bonchev–Trinajstić information content (AvgIpc) is 3.19. The number of thioether (sulfide) groups is 1. The van der Waals surface area contributed by atoms with Crippen molar-refractivity contribution in [3.8, 4) is 5.75 Å². The lowest BCUT2D eigenvalue weighted by atomic mass is 10.0. The number of alkyl halides is 3. The van der Waals surface area contributed by atoms with Gasteiger partial charge in [0.15, 0.2) is 6.61 Å². The molecule has 36 heavy (non-hydrogen) atoms. The van der Waals surface area contributed by atoms with Crippen molar-refractivity contribution in [3.05, 3.63) is 88.5 Å². The third-order valence-corrected chi connectivity index (χ3v) is 6.81. The highest BCUT2D eigenvalue weighted by Crippen LogP contribution is 2.36. The average molecular weight is 516 g/mol. The first-order valence-corrected chi connectivity index (χ1v) is 12.3. The van der Waals surface area contributed by atoms with E-state index in [1.807, 2.05) is 37.3 Å². The second-order valence-corrected chi connectivity index (χ2v) is 9.24. The number of aryl methyl sites for hydroxylation is 1. The molecule has 0 bridgehead atoms. The molecule has 0 fully saturated rings. The minimum atomic E-state index is -4.43. The molecule has 4 rings (SSSR count). The predicted molar refractivity (Wildman–Crippen MR) is 131 cm³/mol. The van der Waals surface area contributed by atoms with Crippen molar-refractivity contribution in [2.24, 2.45) is 0 Å². The van der Waals surface area contributed by atoms with E-state index in [0.29, 0.717) is 35.9 Å². The number of amides is 1. The first kappa shape index (κ1) is 25.6. The largest absolute Gasteiger partial charge is 0.482 e. The molecule has 0 saturated carbocycles. The highest BCUT2D eigenvalue weighted by Gasteiger charge is 2.33. The SMILES string of the molecule is CCOC(=O)COc1ccc(SCc2cccc3c2CN(c2ccc(C(F)(F)F)cc2)C3=O)cc1C. The van der Waals surface area contributed by atoms with Gasteiger partial charge in [0.05, 0.1) is 18.7 Å². The Hall–Kier alpha value is -3.46. The second-order valence-electron chi connectivity index (χ2n) is 8.19. The molecule has 0 spiro atoms. The second kappa shape index (κ2) is 10.7. The molecule has 188 valence electrons. The molecule has 0 N–H and O–H groups in total. The summed E-state index contributed by atoms with van der Waals surface area (Å²) in [5.74, 6) is 0.564. The lowest BCUT2D eigenvalue weighted by molar-refractivity contribution is -0.145. The van der Waals surface area contributed by atoms with Gasteiger partial charge >= 0.3 is 12.1 Å². The summed E-state index contributed by atoms with van der Waals surface area (Å²) in [4.78, 5) is 27.0. The maximum atomic E-state index is 13.0. The molecular formula is C27H24F3NO4S. The highest BCUT2D eigenvalue weighted by atomic mass is 32.2. The first-order valence-electron chi connectivity index (χ1n) is 11.3. The Morgan fingerprint density at radius 1 is 1.08 bits per heavy atom. The third kappa shape index (κ3) is 5.67. The Kier molecular flexibility index (Phi) is 7.59. The van der Waals surface area contributed by atoms with Crippen LogP contribution in [0.1, 0.15) is 39.5 Å². The van der Waals surface area contributed by atoms with Crippen molar-refractivity contribution < 1.29 is 32.2 Å². The van der Waals surface area contributed by atoms with Crippen LogP contribution >= 0.6 is 11.8 Å². The van der Waals surface area contributed by atoms with Crippen LogP contribution in [-0.4, -0.2) is 25.1 Å². The van der Waals surface area contributed by atoms with Crippen LogP contribution in [-0.2, 0) is 28.0 Å². The Morgan fingerprint density at radius 3 is 2.50 bits per heavy atom. The zero-order valence-corrected chi connectivity index (χ0v) is 20.5. The van der Waals surface area contributed by atoms with Gasteiger partial charge in [0, 0.05) is 21.9 Å². The Morgan fingerprint density at radius 2 is 1.83 bits per heavy atom. The number of rotatable bonds is 8. The van der Waals surface area contributed by atoms with Crippen LogP contribution in [0.4, 0.5) is 18.9 Å². The number of fused-ring (bicyclic) bond motifs is 1. The van der Waals surface area contributed by atoms with Crippen LogP contribution in [0.25, 0.3) is 0 Å². The summed E-state index contributed by atoms with van der Waals surface area (Å²) in [7, 11) is 0. The smallest absolute Gasteiger partial charge is 0.416 e. The van der Waals surface area contributed by atoms with Gasteiger partial charge < -0.3 is 14.4 Å². The number of benzene rings is 3. The Balaban J connectivity index is 1.44. The summed E-state index contributed by atoms with van der Waals surface area (Å²) in [6, 6.07) is 15.8. The van der Waals surface area contributed by atoms with E-state index < -0.39 is 17.7 Å². The number of hydrogen-bond acceptors (Lipinski definition) is 5. The minimum absolute atomic E-state index is 0.152. The molecule has 5 nitrogen and oxygen atoms in total. The van der Waals surface area contributed by atoms with Crippen molar-refractivity contribution in [2.45, 2.75) is 37.2 Å². The van der Waals surface area contributed by atoms with Gasteiger partial charge in [-0.25, -0.2) is 4.79 Å². The Labute approximate surface area is 211 Å². The van der Waals surface area contributed by atoms with E-state index in [2.05, 4.69) is 0 Å². The molecule has 0 aliphatic carbocycles. The number of ether oxygens (including phenoxy) is 2.